The lowest BCUT2D eigenvalue weighted by molar-refractivity contribution is -0.128. The smallest absolute Gasteiger partial charge is 0.290 e. The molecular formula is C19H20N4O4S. The van der Waals surface area contributed by atoms with Gasteiger partial charge in [0.25, 0.3) is 11.8 Å². The van der Waals surface area contributed by atoms with Gasteiger partial charge in [0, 0.05) is 0 Å². The van der Waals surface area contributed by atoms with Crippen LogP contribution in [0.3, 0.4) is 0 Å². The molecule has 3 aromatic rings. The molecule has 0 aliphatic rings. The number of rotatable bonds is 7. The van der Waals surface area contributed by atoms with Gasteiger partial charge in [0.2, 0.25) is 0 Å². The van der Waals surface area contributed by atoms with Gasteiger partial charge < -0.3 is 9.47 Å². The number of ether oxygens (including phenoxy) is 2. The molecule has 0 aliphatic carbocycles. The first-order valence-electron chi connectivity index (χ1n) is 8.66. The maximum Gasteiger partial charge on any atom is 0.290 e. The van der Waals surface area contributed by atoms with Crippen LogP contribution in [0, 0.1) is 0 Å². The van der Waals surface area contributed by atoms with Crippen molar-refractivity contribution in [1.29, 1.82) is 0 Å². The molecule has 0 saturated heterocycles. The lowest BCUT2D eigenvalue weighted by atomic mass is 10.3. The molecule has 0 bridgehead atoms. The molecule has 1 atom stereocenters. The molecule has 146 valence electrons. The Bertz CT molecular complexity index is 922. The van der Waals surface area contributed by atoms with Gasteiger partial charge in [-0.15, -0.1) is 11.3 Å². The Labute approximate surface area is 165 Å². The Balaban J connectivity index is 1.49. The van der Waals surface area contributed by atoms with Crippen molar-refractivity contribution < 1.29 is 19.1 Å². The molecule has 1 unspecified atom stereocenters. The number of carbonyl (C=O) groups is 2. The topological polar surface area (TPSA) is 105 Å². The molecule has 2 amide bonds. The van der Waals surface area contributed by atoms with E-state index in [-0.39, 0.29) is 5.69 Å². The number of nitrogens with one attached hydrogen (secondary N) is 3. The molecule has 2 heterocycles. The Morgan fingerprint density at radius 2 is 1.93 bits per heavy atom. The molecule has 28 heavy (non-hydrogen) atoms. The highest BCUT2D eigenvalue weighted by Gasteiger charge is 2.17. The number of benzene rings is 1. The number of hydrogen-bond acceptors (Lipinski definition) is 6. The van der Waals surface area contributed by atoms with E-state index in [0.29, 0.717) is 12.4 Å². The number of carbonyl (C=O) groups excluding carboxylic acids is 2. The molecule has 1 aromatic carbocycles. The van der Waals surface area contributed by atoms with E-state index in [1.165, 1.54) is 11.3 Å². The summed E-state index contributed by atoms with van der Waals surface area (Å²) in [5, 5.41) is 8.69. The number of H-pyrrole nitrogens is 1. The predicted octanol–water partition coefficient (Wildman–Crippen LogP) is 2.77. The summed E-state index contributed by atoms with van der Waals surface area (Å²) in [6.07, 6.45) is -0.806. The zero-order valence-electron chi connectivity index (χ0n) is 15.4. The van der Waals surface area contributed by atoms with Gasteiger partial charge in [-0.1, -0.05) is 6.07 Å². The molecular weight excluding hydrogens is 380 g/mol. The summed E-state index contributed by atoms with van der Waals surface area (Å²) >= 11 is 1.53. The molecule has 8 nitrogen and oxygen atoms in total. The van der Waals surface area contributed by atoms with Crippen LogP contribution in [0.5, 0.6) is 11.5 Å². The van der Waals surface area contributed by atoms with Crippen molar-refractivity contribution in [2.75, 3.05) is 6.61 Å². The van der Waals surface area contributed by atoms with E-state index in [9.17, 15) is 9.59 Å². The molecule has 0 aliphatic heterocycles. The second-order valence-electron chi connectivity index (χ2n) is 5.75. The van der Waals surface area contributed by atoms with Crippen molar-refractivity contribution >= 4 is 23.2 Å². The molecule has 3 rings (SSSR count). The van der Waals surface area contributed by atoms with Gasteiger partial charge >= 0.3 is 0 Å². The second-order valence-corrected chi connectivity index (χ2v) is 6.70. The quantitative estimate of drug-likeness (QED) is 0.529. The van der Waals surface area contributed by atoms with Gasteiger partial charge in [-0.2, -0.15) is 5.10 Å². The van der Waals surface area contributed by atoms with Gasteiger partial charge in [0.05, 0.1) is 17.2 Å². The van der Waals surface area contributed by atoms with Crippen molar-refractivity contribution in [3.63, 3.8) is 0 Å². The van der Waals surface area contributed by atoms with Gasteiger partial charge in [0.1, 0.15) is 11.5 Å². The Hall–Kier alpha value is -3.33. The van der Waals surface area contributed by atoms with Gasteiger partial charge in [-0.3, -0.25) is 25.5 Å². The van der Waals surface area contributed by atoms with Crippen LogP contribution in [-0.4, -0.2) is 34.7 Å². The molecule has 0 fully saturated rings. The fourth-order valence-electron chi connectivity index (χ4n) is 2.32. The molecule has 0 saturated carbocycles. The minimum atomic E-state index is -0.806. The number of aromatic amines is 1. The Morgan fingerprint density at radius 1 is 1.18 bits per heavy atom. The third-order valence-corrected chi connectivity index (χ3v) is 4.62. The minimum absolute atomic E-state index is 0.170. The predicted molar refractivity (Wildman–Crippen MR) is 105 cm³/mol. The standard InChI is InChI=1S/C19H20N4O4S/c1-3-26-13-6-8-14(9-7-13)27-12(2)18(24)22-23-19(25)16-11-15(20-21-16)17-5-4-10-28-17/h4-12H,3H2,1-2H3,(H,20,21)(H,22,24)(H,23,25). The minimum Gasteiger partial charge on any atom is -0.494 e. The number of hydrazine groups is 1. The van der Waals surface area contributed by atoms with E-state index in [0.717, 1.165) is 16.3 Å². The maximum atomic E-state index is 12.2. The van der Waals surface area contributed by atoms with E-state index < -0.39 is 17.9 Å². The van der Waals surface area contributed by atoms with Crippen molar-refractivity contribution in [2.45, 2.75) is 20.0 Å². The van der Waals surface area contributed by atoms with Gasteiger partial charge in [-0.05, 0) is 55.6 Å². The van der Waals surface area contributed by atoms with E-state index >= 15 is 0 Å². The fraction of sp³-hybridized carbons (Fsp3) is 0.211. The summed E-state index contributed by atoms with van der Waals surface area (Å²) < 4.78 is 10.9. The van der Waals surface area contributed by atoms with Gasteiger partial charge in [-0.25, -0.2) is 0 Å². The first kappa shape index (κ1) is 19.4. The Kier molecular flexibility index (Phi) is 6.28. The van der Waals surface area contributed by atoms with Crippen LogP contribution < -0.4 is 20.3 Å². The zero-order valence-corrected chi connectivity index (χ0v) is 16.2. The fourth-order valence-corrected chi connectivity index (χ4v) is 3.01. The van der Waals surface area contributed by atoms with Crippen LogP contribution >= 0.6 is 11.3 Å². The SMILES string of the molecule is CCOc1ccc(OC(C)C(=O)NNC(=O)c2cc(-c3cccs3)[nH]n2)cc1. The van der Waals surface area contributed by atoms with Crippen LogP contribution in [-0.2, 0) is 4.79 Å². The summed E-state index contributed by atoms with van der Waals surface area (Å²) in [6, 6.07) is 12.4. The zero-order chi connectivity index (χ0) is 19.9. The van der Waals surface area contributed by atoms with Crippen molar-refractivity contribution in [1.82, 2.24) is 21.0 Å². The van der Waals surface area contributed by atoms with Crippen LogP contribution in [0.2, 0.25) is 0 Å². The van der Waals surface area contributed by atoms with E-state index in [4.69, 9.17) is 9.47 Å². The summed E-state index contributed by atoms with van der Waals surface area (Å²) in [5.41, 5.74) is 5.57. The highest BCUT2D eigenvalue weighted by molar-refractivity contribution is 7.13. The average molecular weight is 400 g/mol. The van der Waals surface area contributed by atoms with Crippen LogP contribution in [0.1, 0.15) is 24.3 Å². The molecule has 0 spiro atoms. The maximum absolute atomic E-state index is 12.2. The average Bonchev–Trinajstić information content (AvgIpc) is 3.39. The van der Waals surface area contributed by atoms with E-state index in [2.05, 4.69) is 21.0 Å². The van der Waals surface area contributed by atoms with Gasteiger partial charge in [0.15, 0.2) is 11.8 Å². The summed E-state index contributed by atoms with van der Waals surface area (Å²) in [6.45, 7) is 4.06. The monoisotopic (exact) mass is 400 g/mol. The van der Waals surface area contributed by atoms with Crippen LogP contribution in [0.4, 0.5) is 0 Å². The summed E-state index contributed by atoms with van der Waals surface area (Å²) in [4.78, 5) is 25.3. The number of amides is 2. The van der Waals surface area contributed by atoms with Crippen molar-refractivity contribution in [3.05, 3.63) is 53.5 Å². The number of thiophene rings is 1. The van der Waals surface area contributed by atoms with Crippen LogP contribution in [0.25, 0.3) is 10.6 Å². The third-order valence-electron chi connectivity index (χ3n) is 3.71. The van der Waals surface area contributed by atoms with Crippen LogP contribution in [0.15, 0.2) is 47.8 Å². The lowest BCUT2D eigenvalue weighted by Gasteiger charge is -2.15. The summed E-state index contributed by atoms with van der Waals surface area (Å²) in [7, 11) is 0. The number of nitrogens with zero attached hydrogens (tertiary/aromatic N) is 1. The summed E-state index contributed by atoms with van der Waals surface area (Å²) in [5.74, 6) is 0.224. The molecule has 3 N–H and O–H groups in total. The Morgan fingerprint density at radius 3 is 2.61 bits per heavy atom. The van der Waals surface area contributed by atoms with Crippen molar-refractivity contribution in [3.8, 4) is 22.1 Å². The van der Waals surface area contributed by atoms with E-state index in [1.54, 1.807) is 37.3 Å². The van der Waals surface area contributed by atoms with E-state index in [1.807, 2.05) is 24.4 Å². The number of hydrogen-bond donors (Lipinski definition) is 3. The first-order valence-corrected chi connectivity index (χ1v) is 9.53. The molecule has 0 radical (unpaired) electrons. The highest BCUT2D eigenvalue weighted by Crippen LogP contribution is 2.22. The number of aromatic nitrogens is 2. The highest BCUT2D eigenvalue weighted by atomic mass is 32.1. The molecule has 2 aromatic heterocycles. The molecule has 9 heteroatoms. The lowest BCUT2D eigenvalue weighted by Crippen LogP contribution is -2.47. The van der Waals surface area contributed by atoms with Crippen molar-refractivity contribution in [2.24, 2.45) is 0 Å². The first-order chi connectivity index (χ1) is 13.6. The second kappa shape index (κ2) is 9.05. The normalized spacial score (nSPS) is 11.5. The largest absolute Gasteiger partial charge is 0.494 e. The third kappa shape index (κ3) is 4.89.